The summed E-state index contributed by atoms with van der Waals surface area (Å²) >= 11 is 0. The van der Waals surface area contributed by atoms with Crippen molar-refractivity contribution in [3.63, 3.8) is 0 Å². The highest BCUT2D eigenvalue weighted by atomic mass is 16.5. The summed E-state index contributed by atoms with van der Waals surface area (Å²) in [6, 6.07) is 12.4. The van der Waals surface area contributed by atoms with Gasteiger partial charge in [-0.1, -0.05) is 36.4 Å². The number of nitrogens with zero attached hydrogens (tertiary/aromatic N) is 2. The van der Waals surface area contributed by atoms with Gasteiger partial charge in [-0.3, -0.25) is 0 Å². The summed E-state index contributed by atoms with van der Waals surface area (Å²) in [5, 5.41) is 2.50. The van der Waals surface area contributed by atoms with Crippen LogP contribution >= 0.6 is 0 Å². The van der Waals surface area contributed by atoms with Crippen LogP contribution in [0.25, 0.3) is 0 Å². The van der Waals surface area contributed by atoms with Gasteiger partial charge in [-0.05, 0) is 31.0 Å². The lowest BCUT2D eigenvalue weighted by molar-refractivity contribution is -0.00735. The van der Waals surface area contributed by atoms with Crippen LogP contribution in [0, 0.1) is 6.92 Å². The number of carbonyl (C=O) groups is 1. The first-order chi connectivity index (χ1) is 11.4. The Bertz CT molecular complexity index is 733. The van der Waals surface area contributed by atoms with Crippen molar-refractivity contribution in [1.82, 2.24) is 10.3 Å². The Morgan fingerprint density at radius 3 is 2.58 bits per heavy atom. The molecule has 5 N–H and O–H groups in total. The van der Waals surface area contributed by atoms with Crippen LogP contribution in [0.2, 0.25) is 0 Å². The number of aryl methyl sites for hydroxylation is 1. The predicted molar refractivity (Wildman–Crippen MR) is 92.6 cm³/mol. The summed E-state index contributed by atoms with van der Waals surface area (Å²) in [6.07, 6.45) is 1.61. The zero-order valence-corrected chi connectivity index (χ0v) is 13.7. The molecule has 1 aromatic carbocycles. The van der Waals surface area contributed by atoms with Gasteiger partial charge in [0.1, 0.15) is 0 Å². The van der Waals surface area contributed by atoms with E-state index in [1.54, 1.807) is 19.2 Å². The van der Waals surface area contributed by atoms with Crippen molar-refractivity contribution in [2.24, 2.45) is 16.5 Å². The van der Waals surface area contributed by atoms with E-state index in [1.165, 1.54) is 0 Å². The summed E-state index contributed by atoms with van der Waals surface area (Å²) in [5.74, 6) is 0.509. The number of ether oxygens (including phenoxy) is 1. The van der Waals surface area contributed by atoms with Gasteiger partial charge in [0, 0.05) is 6.20 Å². The molecule has 1 heterocycles. The van der Waals surface area contributed by atoms with Gasteiger partial charge in [-0.25, -0.2) is 14.8 Å². The van der Waals surface area contributed by atoms with Gasteiger partial charge in [0.05, 0.1) is 6.61 Å². The van der Waals surface area contributed by atoms with Crippen LogP contribution in [-0.2, 0) is 11.3 Å². The van der Waals surface area contributed by atoms with Crippen molar-refractivity contribution in [3.8, 4) is 0 Å². The molecular formula is C17H21N5O2. The first-order valence-electron chi connectivity index (χ1n) is 7.42. The summed E-state index contributed by atoms with van der Waals surface area (Å²) in [4.78, 5) is 19.8. The Hall–Kier alpha value is -2.93. The zero-order valence-electron chi connectivity index (χ0n) is 13.7. The Balaban J connectivity index is 2.25. The number of hydrogen-bond acceptors (Lipinski definition) is 4. The van der Waals surface area contributed by atoms with Crippen molar-refractivity contribution in [3.05, 3.63) is 59.8 Å². The van der Waals surface area contributed by atoms with E-state index in [1.807, 2.05) is 43.3 Å². The smallest absolute Gasteiger partial charge is 0.314 e. The van der Waals surface area contributed by atoms with E-state index < -0.39 is 11.8 Å². The molecule has 1 unspecified atom stereocenters. The maximum absolute atomic E-state index is 11.4. The molecule has 1 atom stereocenters. The van der Waals surface area contributed by atoms with Crippen molar-refractivity contribution in [2.45, 2.75) is 26.2 Å². The molecule has 1 aromatic heterocycles. The molecule has 0 saturated heterocycles. The summed E-state index contributed by atoms with van der Waals surface area (Å²) < 4.78 is 5.80. The fourth-order valence-corrected chi connectivity index (χ4v) is 2.03. The molecule has 0 radical (unpaired) electrons. The average molecular weight is 327 g/mol. The van der Waals surface area contributed by atoms with Gasteiger partial charge in [0.25, 0.3) is 0 Å². The second-order valence-electron chi connectivity index (χ2n) is 5.44. The van der Waals surface area contributed by atoms with Crippen LogP contribution in [-0.4, -0.2) is 22.6 Å². The van der Waals surface area contributed by atoms with Crippen LogP contribution in [0.3, 0.4) is 0 Å². The Morgan fingerprint density at radius 2 is 1.96 bits per heavy atom. The van der Waals surface area contributed by atoms with Crippen molar-refractivity contribution >= 4 is 17.7 Å². The largest absolute Gasteiger partial charge is 0.383 e. The summed E-state index contributed by atoms with van der Waals surface area (Å²) in [6.45, 7) is 3.69. The molecule has 2 aromatic rings. The molecule has 2 amide bonds. The third-order valence-corrected chi connectivity index (χ3v) is 3.43. The van der Waals surface area contributed by atoms with E-state index >= 15 is 0 Å². The lowest BCUT2D eigenvalue weighted by Gasteiger charge is -2.29. The number of hydrogen-bond donors (Lipinski definition) is 3. The monoisotopic (exact) mass is 327 g/mol. The number of urea groups is 1. The summed E-state index contributed by atoms with van der Waals surface area (Å²) in [7, 11) is 0. The third-order valence-electron chi connectivity index (χ3n) is 3.43. The van der Waals surface area contributed by atoms with E-state index in [0.29, 0.717) is 5.82 Å². The topological polar surface area (TPSA) is 116 Å². The van der Waals surface area contributed by atoms with Crippen LogP contribution in [0.4, 0.5) is 10.6 Å². The summed E-state index contributed by atoms with van der Waals surface area (Å²) in [5.41, 5.74) is 11.8. The van der Waals surface area contributed by atoms with Crippen molar-refractivity contribution in [2.75, 3.05) is 0 Å². The Labute approximate surface area is 140 Å². The van der Waals surface area contributed by atoms with Crippen molar-refractivity contribution < 1.29 is 9.53 Å². The maximum atomic E-state index is 11.4. The number of pyridine rings is 1. The highest BCUT2D eigenvalue weighted by Gasteiger charge is 2.32. The minimum absolute atomic E-state index is 0.0547. The maximum Gasteiger partial charge on any atom is 0.314 e. The van der Waals surface area contributed by atoms with E-state index in [2.05, 4.69) is 15.3 Å². The second kappa shape index (κ2) is 7.56. The molecule has 0 aliphatic carbocycles. The van der Waals surface area contributed by atoms with Gasteiger partial charge in [0.2, 0.25) is 0 Å². The molecule has 0 saturated carbocycles. The highest BCUT2D eigenvalue weighted by Crippen LogP contribution is 2.17. The molecular weight excluding hydrogens is 306 g/mol. The number of carbonyl (C=O) groups excluding carboxylic acids is 1. The number of nitrogens with two attached hydrogens (primary N) is 2. The highest BCUT2D eigenvalue weighted by molar-refractivity contribution is 5.93. The first kappa shape index (κ1) is 17.4. The SMILES string of the molecule is Cc1cccnc1/N=C(\N)C(C)(NC(N)=O)OCc1ccccc1. The number of primary amides is 1. The number of rotatable bonds is 6. The first-order valence-corrected chi connectivity index (χ1v) is 7.42. The lowest BCUT2D eigenvalue weighted by Crippen LogP contribution is -2.58. The number of aromatic nitrogens is 1. The predicted octanol–water partition coefficient (Wildman–Crippen LogP) is 1.98. The minimum Gasteiger partial charge on any atom is -0.383 e. The van der Waals surface area contributed by atoms with E-state index in [9.17, 15) is 4.79 Å². The zero-order chi connectivity index (χ0) is 17.6. The van der Waals surface area contributed by atoms with Crippen molar-refractivity contribution in [1.29, 1.82) is 0 Å². The van der Waals surface area contributed by atoms with Gasteiger partial charge >= 0.3 is 6.03 Å². The molecule has 0 bridgehead atoms. The molecule has 0 aliphatic rings. The van der Waals surface area contributed by atoms with E-state index in [4.69, 9.17) is 16.2 Å². The molecule has 7 nitrogen and oxygen atoms in total. The second-order valence-corrected chi connectivity index (χ2v) is 5.44. The molecule has 7 heteroatoms. The van der Waals surface area contributed by atoms with E-state index in [-0.39, 0.29) is 12.4 Å². The third kappa shape index (κ3) is 4.53. The Kier molecular flexibility index (Phi) is 5.49. The minimum atomic E-state index is -1.36. The number of nitrogens with one attached hydrogen (secondary N) is 1. The van der Waals surface area contributed by atoms with Gasteiger partial charge in [0.15, 0.2) is 17.4 Å². The molecule has 2 rings (SSSR count). The fraction of sp³-hybridized carbons (Fsp3) is 0.235. The molecule has 0 spiro atoms. The Morgan fingerprint density at radius 1 is 1.25 bits per heavy atom. The standard InChI is InChI=1S/C17H21N5O2/c1-12-7-6-10-20-14(12)21-15(18)17(2,22-16(19)23)24-11-13-8-4-3-5-9-13/h3-10H,11H2,1-2H3,(H2,18,20,21)(H3,19,22,23). The molecule has 0 fully saturated rings. The van der Waals surface area contributed by atoms with Crippen LogP contribution in [0.1, 0.15) is 18.1 Å². The van der Waals surface area contributed by atoms with Gasteiger partial charge in [-0.2, -0.15) is 0 Å². The van der Waals surface area contributed by atoms with Gasteiger partial charge in [-0.15, -0.1) is 0 Å². The van der Waals surface area contributed by atoms with Crippen LogP contribution < -0.4 is 16.8 Å². The molecule has 24 heavy (non-hydrogen) atoms. The number of amides is 2. The lowest BCUT2D eigenvalue weighted by atomic mass is 10.2. The number of amidine groups is 1. The molecule has 0 aliphatic heterocycles. The van der Waals surface area contributed by atoms with Gasteiger partial charge < -0.3 is 21.5 Å². The number of benzene rings is 1. The normalized spacial score (nSPS) is 14.0. The van der Waals surface area contributed by atoms with Crippen LogP contribution in [0.15, 0.2) is 53.7 Å². The molecule has 126 valence electrons. The quantitative estimate of drug-likeness (QED) is 0.427. The number of aliphatic imine (C=N–C) groups is 1. The van der Waals surface area contributed by atoms with Crippen LogP contribution in [0.5, 0.6) is 0 Å². The van der Waals surface area contributed by atoms with E-state index in [0.717, 1.165) is 11.1 Å². The fourth-order valence-electron chi connectivity index (χ4n) is 2.03. The average Bonchev–Trinajstić information content (AvgIpc) is 2.55.